The van der Waals surface area contributed by atoms with E-state index in [1.165, 1.54) is 12.8 Å². The van der Waals surface area contributed by atoms with Crippen LogP contribution in [0, 0.1) is 13.8 Å². The van der Waals surface area contributed by atoms with Gasteiger partial charge in [-0.2, -0.15) is 0 Å². The number of carbonyl (C=O) groups excluding carboxylic acids is 2. The first kappa shape index (κ1) is 35.0. The van der Waals surface area contributed by atoms with Crippen molar-refractivity contribution in [1.82, 2.24) is 39.0 Å². The molecule has 0 saturated heterocycles. The van der Waals surface area contributed by atoms with Crippen molar-refractivity contribution in [3.63, 3.8) is 0 Å². The average Bonchev–Trinajstić information content (AvgIpc) is 3.50. The summed E-state index contributed by atoms with van der Waals surface area (Å²) in [6, 6.07) is 12.3. The fourth-order valence-electron chi connectivity index (χ4n) is 7.16. The van der Waals surface area contributed by atoms with Crippen LogP contribution in [0.2, 0.25) is 0 Å². The molecule has 2 aliphatic heterocycles. The number of rotatable bonds is 6. The second-order valence-electron chi connectivity index (χ2n) is 15.8. The van der Waals surface area contributed by atoms with Crippen LogP contribution in [0.15, 0.2) is 86.2 Å². The van der Waals surface area contributed by atoms with E-state index < -0.39 is 10.8 Å². The topological polar surface area (TPSA) is 128 Å². The van der Waals surface area contributed by atoms with E-state index in [9.17, 15) is 9.59 Å². The van der Waals surface area contributed by atoms with Gasteiger partial charge in [0.15, 0.2) is 0 Å². The molecule has 2 amide bonds. The molecule has 274 valence electrons. The molecule has 0 atom stereocenters. The van der Waals surface area contributed by atoms with Crippen LogP contribution in [0.1, 0.15) is 100 Å². The molecule has 0 N–H and O–H groups in total. The van der Waals surface area contributed by atoms with Crippen molar-refractivity contribution in [1.29, 1.82) is 0 Å². The fraction of sp³-hybridized carbons (Fsp3) is 0.333. The zero-order chi connectivity index (χ0) is 38.1. The Morgan fingerprint density at radius 1 is 0.611 bits per heavy atom. The normalized spacial score (nSPS) is 16.8. The molecule has 1 aliphatic carbocycles. The van der Waals surface area contributed by atoms with Gasteiger partial charge in [-0.25, -0.2) is 29.9 Å². The van der Waals surface area contributed by atoms with Crippen LogP contribution in [0.5, 0.6) is 0 Å². The summed E-state index contributed by atoms with van der Waals surface area (Å²) in [5.41, 5.74) is 8.11. The Balaban J connectivity index is 0.000000153. The molecular weight excluding hydrogens is 677 g/mol. The Bertz CT molecular complexity index is 2240. The Morgan fingerprint density at radius 2 is 1.06 bits per heavy atom. The van der Waals surface area contributed by atoms with Crippen molar-refractivity contribution in [2.45, 2.75) is 90.9 Å². The number of hydrogen-bond acceptors (Lipinski definition) is 8. The largest absolute Gasteiger partial charge is 0.306 e. The van der Waals surface area contributed by atoms with Gasteiger partial charge in [0, 0.05) is 29.7 Å². The molecule has 12 heteroatoms. The van der Waals surface area contributed by atoms with Crippen LogP contribution in [-0.2, 0) is 20.4 Å². The van der Waals surface area contributed by atoms with Gasteiger partial charge in [-0.3, -0.25) is 19.4 Å². The van der Waals surface area contributed by atoms with Crippen molar-refractivity contribution >= 4 is 34.6 Å². The number of aryl methyl sites for hydroxylation is 2. The molecule has 12 nitrogen and oxygen atoms in total. The highest BCUT2D eigenvalue weighted by Gasteiger charge is 2.46. The van der Waals surface area contributed by atoms with E-state index in [1.807, 2.05) is 87.7 Å². The predicted molar refractivity (Wildman–Crippen MR) is 207 cm³/mol. The van der Waals surface area contributed by atoms with E-state index in [1.54, 1.807) is 34.6 Å². The Hall–Kier alpha value is -6.04. The zero-order valence-electron chi connectivity index (χ0n) is 31.9. The van der Waals surface area contributed by atoms with E-state index in [2.05, 4.69) is 68.1 Å². The van der Waals surface area contributed by atoms with Gasteiger partial charge in [0.2, 0.25) is 11.8 Å². The summed E-state index contributed by atoms with van der Waals surface area (Å²) < 4.78 is 4.03. The smallest absolute Gasteiger partial charge is 0.241 e. The number of fused-ring (bicyclic) bond motifs is 2. The number of hydrogen-bond donors (Lipinski definition) is 0. The maximum atomic E-state index is 13.2. The molecule has 0 spiro atoms. The van der Waals surface area contributed by atoms with Crippen molar-refractivity contribution in [2.24, 2.45) is 0 Å². The molecule has 0 radical (unpaired) electrons. The SMILES string of the molecule is Cc1ncc(N2C(=O)C(C)(C)c3ccc(-n4cnc(C(C)C)c4)cc32)cn1.Cc1ncc(N2C(=O)C(C)(C)c3ccc(-n4cnc(C5CC5)c4)cc32)cn1. The summed E-state index contributed by atoms with van der Waals surface area (Å²) in [5.74, 6) is 2.40. The van der Waals surface area contributed by atoms with Crippen LogP contribution in [0.25, 0.3) is 11.4 Å². The fourth-order valence-corrected chi connectivity index (χ4v) is 7.16. The monoisotopic (exact) mass is 720 g/mol. The lowest BCUT2D eigenvalue weighted by Gasteiger charge is -2.20. The number of aromatic nitrogens is 8. The third kappa shape index (κ3) is 5.95. The number of carbonyl (C=O) groups is 2. The lowest BCUT2D eigenvalue weighted by Crippen LogP contribution is -2.33. The van der Waals surface area contributed by atoms with E-state index >= 15 is 0 Å². The highest BCUT2D eigenvalue weighted by Crippen LogP contribution is 2.47. The summed E-state index contributed by atoms with van der Waals surface area (Å²) >= 11 is 0. The van der Waals surface area contributed by atoms with Gasteiger partial charge in [0.25, 0.3) is 0 Å². The highest BCUT2D eigenvalue weighted by atomic mass is 16.2. The molecule has 9 rings (SSSR count). The second kappa shape index (κ2) is 12.8. The summed E-state index contributed by atoms with van der Waals surface area (Å²) in [6.45, 7) is 15.7. The predicted octanol–water partition coefficient (Wildman–Crippen LogP) is 7.85. The quantitative estimate of drug-likeness (QED) is 0.170. The van der Waals surface area contributed by atoms with Gasteiger partial charge in [-0.05, 0) is 95.7 Å². The van der Waals surface area contributed by atoms with E-state index in [-0.39, 0.29) is 11.8 Å². The molecule has 2 aromatic carbocycles. The highest BCUT2D eigenvalue weighted by molar-refractivity contribution is 6.13. The van der Waals surface area contributed by atoms with E-state index in [0.717, 1.165) is 45.3 Å². The second-order valence-corrected chi connectivity index (χ2v) is 15.8. The minimum absolute atomic E-state index is 0.0237. The zero-order valence-corrected chi connectivity index (χ0v) is 31.9. The number of amides is 2. The summed E-state index contributed by atoms with van der Waals surface area (Å²) in [4.78, 5) is 55.9. The van der Waals surface area contributed by atoms with Gasteiger partial charge in [-0.15, -0.1) is 0 Å². The first-order valence-electron chi connectivity index (χ1n) is 18.4. The van der Waals surface area contributed by atoms with Crippen molar-refractivity contribution < 1.29 is 9.59 Å². The van der Waals surface area contributed by atoms with Gasteiger partial charge in [0.1, 0.15) is 11.6 Å². The molecule has 4 aromatic heterocycles. The molecule has 54 heavy (non-hydrogen) atoms. The average molecular weight is 721 g/mol. The minimum Gasteiger partial charge on any atom is -0.306 e. The molecule has 3 aliphatic rings. The van der Waals surface area contributed by atoms with Gasteiger partial charge in [-0.1, -0.05) is 26.0 Å². The van der Waals surface area contributed by atoms with Gasteiger partial charge < -0.3 is 9.13 Å². The summed E-state index contributed by atoms with van der Waals surface area (Å²) in [5, 5.41) is 0. The number of imidazole rings is 2. The Labute approximate surface area is 315 Å². The molecule has 1 saturated carbocycles. The van der Waals surface area contributed by atoms with E-state index in [0.29, 0.717) is 34.9 Å². The standard InChI is InChI=1S/C21H21N5O.C21H23N5O/c1-13-22-9-16(10-23-13)26-19-8-15(6-7-17(19)21(2,3)20(26)27)25-11-18(24-12-25)14-4-5-14;1-13(2)18-11-25(12-24-18)15-6-7-17-19(8-15)26(20(27)21(17,4)5)16-9-22-14(3)23-10-16/h6-12,14H,4-5H2,1-3H3;6-13H,1-5H3. The number of anilines is 4. The Morgan fingerprint density at radius 3 is 1.48 bits per heavy atom. The van der Waals surface area contributed by atoms with Gasteiger partial charge >= 0.3 is 0 Å². The van der Waals surface area contributed by atoms with Crippen LogP contribution < -0.4 is 9.80 Å². The van der Waals surface area contributed by atoms with Crippen LogP contribution in [-0.4, -0.2) is 50.9 Å². The lowest BCUT2D eigenvalue weighted by atomic mass is 9.86. The third-order valence-electron chi connectivity index (χ3n) is 10.7. The maximum Gasteiger partial charge on any atom is 0.241 e. The molecule has 0 bridgehead atoms. The number of benzene rings is 2. The summed E-state index contributed by atoms with van der Waals surface area (Å²) in [6.07, 6.45) is 17.1. The first-order valence-corrected chi connectivity index (χ1v) is 18.4. The molecule has 0 unspecified atom stereocenters. The van der Waals surface area contributed by atoms with Gasteiger partial charge in [0.05, 0.1) is 82.4 Å². The Kier molecular flexibility index (Phi) is 8.31. The molecule has 6 aromatic rings. The van der Waals surface area contributed by atoms with E-state index in [4.69, 9.17) is 0 Å². The summed E-state index contributed by atoms with van der Waals surface area (Å²) in [7, 11) is 0. The van der Waals surface area contributed by atoms with Crippen LogP contribution in [0.3, 0.4) is 0 Å². The maximum absolute atomic E-state index is 13.2. The van der Waals surface area contributed by atoms with Crippen LogP contribution >= 0.6 is 0 Å². The lowest BCUT2D eigenvalue weighted by molar-refractivity contribution is -0.122. The third-order valence-corrected chi connectivity index (χ3v) is 10.7. The van der Waals surface area contributed by atoms with Crippen molar-refractivity contribution in [3.05, 3.63) is 120 Å². The van der Waals surface area contributed by atoms with Crippen molar-refractivity contribution in [3.8, 4) is 11.4 Å². The minimum atomic E-state index is -0.600. The van der Waals surface area contributed by atoms with Crippen molar-refractivity contribution in [2.75, 3.05) is 9.80 Å². The molecule has 6 heterocycles. The first-order chi connectivity index (χ1) is 25.7. The molecule has 1 fully saturated rings. The number of nitrogens with zero attached hydrogens (tertiary/aromatic N) is 10. The van der Waals surface area contributed by atoms with Crippen LogP contribution in [0.4, 0.5) is 22.7 Å². The molecular formula is C42H44N10O2.